The number of amides is 1. The number of carboxylic acids is 1. The average Bonchev–Trinajstić information content (AvgIpc) is 2.34. The van der Waals surface area contributed by atoms with Crippen LogP contribution in [0.1, 0.15) is 6.92 Å². The molecule has 0 saturated carbocycles. The molecule has 0 spiro atoms. The highest BCUT2D eigenvalue weighted by atomic mass is 32.3. The lowest BCUT2D eigenvalue weighted by atomic mass is 10.1. The van der Waals surface area contributed by atoms with Gasteiger partial charge in [0, 0.05) is 38.7 Å². The fourth-order valence-corrected chi connectivity index (χ4v) is 4.61. The molecule has 11 heteroatoms. The van der Waals surface area contributed by atoms with Crippen LogP contribution in [0.2, 0.25) is 0 Å². The van der Waals surface area contributed by atoms with E-state index in [-0.39, 0.29) is 26.2 Å². The van der Waals surface area contributed by atoms with Crippen molar-refractivity contribution < 1.29 is 27.3 Å². The first-order valence-corrected chi connectivity index (χ1v) is 9.87. The second-order valence-corrected chi connectivity index (χ2v) is 9.39. The number of carboxylic acid groups (broad SMARTS) is 1. The summed E-state index contributed by atoms with van der Waals surface area (Å²) in [7, 11) is -6.80. The lowest BCUT2D eigenvalue weighted by molar-refractivity contribution is -0.150. The molecule has 1 rings (SSSR count). The van der Waals surface area contributed by atoms with Crippen LogP contribution in [0.3, 0.4) is 0 Å². The van der Waals surface area contributed by atoms with Crippen LogP contribution >= 0.6 is 0 Å². The molecule has 0 bridgehead atoms. The first-order chi connectivity index (χ1) is 9.44. The number of nitrogens with zero attached hydrogens (tertiary/aromatic N) is 3. The van der Waals surface area contributed by atoms with Gasteiger partial charge in [-0.3, -0.25) is 9.59 Å². The van der Waals surface area contributed by atoms with E-state index in [4.69, 9.17) is 5.11 Å². The lowest BCUT2D eigenvalue weighted by Crippen LogP contribution is -2.52. The minimum Gasteiger partial charge on any atom is -0.481 e. The maximum atomic E-state index is 11.9. The molecule has 1 fully saturated rings. The fraction of sp³-hybridized carbons (Fsp3) is 0.800. The Hall–Kier alpha value is -1.20. The molecule has 1 unspecified atom stereocenters. The molecule has 0 aliphatic carbocycles. The van der Waals surface area contributed by atoms with E-state index in [1.54, 1.807) is 0 Å². The zero-order valence-corrected chi connectivity index (χ0v) is 13.7. The number of rotatable bonds is 4. The zero-order chi connectivity index (χ0) is 16.4. The Morgan fingerprint density at radius 3 is 1.95 bits per heavy atom. The van der Waals surface area contributed by atoms with Crippen LogP contribution in [-0.4, -0.2) is 77.5 Å². The summed E-state index contributed by atoms with van der Waals surface area (Å²) in [5.74, 6) is -2.93. The van der Waals surface area contributed by atoms with Crippen molar-refractivity contribution in [2.24, 2.45) is 9.69 Å². The highest BCUT2D eigenvalue weighted by Crippen LogP contribution is 2.13. The Morgan fingerprint density at radius 2 is 1.57 bits per heavy atom. The van der Waals surface area contributed by atoms with Crippen molar-refractivity contribution in [2.45, 2.75) is 6.92 Å². The van der Waals surface area contributed by atoms with Crippen molar-refractivity contribution in [1.82, 2.24) is 9.21 Å². The van der Waals surface area contributed by atoms with Crippen LogP contribution in [0.5, 0.6) is 0 Å². The van der Waals surface area contributed by atoms with E-state index in [2.05, 4.69) is 3.77 Å². The van der Waals surface area contributed by atoms with Crippen LogP contribution in [0.15, 0.2) is 3.77 Å². The number of carbonyl (C=O) groups excluding carboxylic acids is 1. The standard InChI is InChI=1S/C10H19N3O6S2/c1-8(10(15)16)9(14)12-4-6-13(7-5-12)21(18,19)11-20(2,3)17/h8H,4-7H2,1-3H3,(H,15,16). The molecule has 122 valence electrons. The largest absolute Gasteiger partial charge is 0.481 e. The molecule has 1 N–H and O–H groups in total. The number of hydrogen-bond acceptors (Lipinski definition) is 5. The third kappa shape index (κ3) is 4.93. The molecule has 0 radical (unpaired) electrons. The van der Waals surface area contributed by atoms with Gasteiger partial charge in [-0.25, -0.2) is 4.21 Å². The summed E-state index contributed by atoms with van der Waals surface area (Å²) in [6.07, 6.45) is 2.44. The Bertz CT molecular complexity index is 634. The summed E-state index contributed by atoms with van der Waals surface area (Å²) >= 11 is 0. The van der Waals surface area contributed by atoms with Gasteiger partial charge >= 0.3 is 16.2 Å². The molecule has 1 aliphatic heterocycles. The predicted octanol–water partition coefficient (Wildman–Crippen LogP) is -1.18. The summed E-state index contributed by atoms with van der Waals surface area (Å²) in [6.45, 7) is 1.45. The molecule has 1 atom stereocenters. The molecule has 9 nitrogen and oxygen atoms in total. The minimum atomic E-state index is -4.00. The number of aliphatic carboxylic acids is 1. The van der Waals surface area contributed by atoms with Gasteiger partial charge in [0.25, 0.3) is 0 Å². The monoisotopic (exact) mass is 341 g/mol. The quantitative estimate of drug-likeness (QED) is 0.642. The van der Waals surface area contributed by atoms with Crippen molar-refractivity contribution in [2.75, 3.05) is 38.7 Å². The molecule has 0 aromatic rings. The van der Waals surface area contributed by atoms with Crippen molar-refractivity contribution in [3.63, 3.8) is 0 Å². The van der Waals surface area contributed by atoms with Gasteiger partial charge in [-0.15, -0.1) is 0 Å². The SMILES string of the molecule is CC(C(=O)O)C(=O)N1CCN(S(=O)(=O)N=S(C)(C)=O)CC1. The summed E-state index contributed by atoms with van der Waals surface area (Å²) in [5, 5.41) is 8.79. The molecular formula is C10H19N3O6S2. The van der Waals surface area contributed by atoms with Gasteiger partial charge in [-0.1, -0.05) is 3.77 Å². The topological polar surface area (TPSA) is 124 Å². The van der Waals surface area contributed by atoms with Crippen molar-refractivity contribution in [3.05, 3.63) is 0 Å². The highest BCUT2D eigenvalue weighted by molar-refractivity contribution is 8.01. The minimum absolute atomic E-state index is 0.000563. The second-order valence-electron chi connectivity index (χ2n) is 5.02. The Kier molecular flexibility index (Phi) is 5.34. The molecule has 0 aromatic carbocycles. The second kappa shape index (κ2) is 6.28. The Morgan fingerprint density at radius 1 is 1.10 bits per heavy atom. The van der Waals surface area contributed by atoms with Gasteiger partial charge in [0.15, 0.2) is 0 Å². The van der Waals surface area contributed by atoms with Crippen molar-refractivity contribution >= 4 is 31.8 Å². The van der Waals surface area contributed by atoms with E-state index < -0.39 is 37.7 Å². The molecule has 1 heterocycles. The van der Waals surface area contributed by atoms with E-state index in [1.165, 1.54) is 24.3 Å². The number of hydrogen-bond donors (Lipinski definition) is 1. The molecule has 0 aromatic heterocycles. The zero-order valence-electron chi connectivity index (χ0n) is 12.1. The smallest absolute Gasteiger partial charge is 0.330 e. The Balaban J connectivity index is 2.75. The van der Waals surface area contributed by atoms with Gasteiger partial charge in [0.2, 0.25) is 5.91 Å². The summed E-state index contributed by atoms with van der Waals surface area (Å²) in [4.78, 5) is 23.9. The fourth-order valence-electron chi connectivity index (χ4n) is 1.79. The van der Waals surface area contributed by atoms with E-state index in [0.29, 0.717) is 0 Å². The van der Waals surface area contributed by atoms with Crippen molar-refractivity contribution in [1.29, 1.82) is 0 Å². The van der Waals surface area contributed by atoms with E-state index in [0.717, 1.165) is 4.31 Å². The van der Waals surface area contributed by atoms with E-state index in [1.807, 2.05) is 0 Å². The molecular weight excluding hydrogens is 322 g/mol. The van der Waals surface area contributed by atoms with Gasteiger partial charge in [0.05, 0.1) is 9.73 Å². The predicted molar refractivity (Wildman–Crippen MR) is 76.3 cm³/mol. The molecule has 1 aliphatic rings. The average molecular weight is 341 g/mol. The normalized spacial score (nSPS) is 19.1. The van der Waals surface area contributed by atoms with E-state index in [9.17, 15) is 22.2 Å². The third-order valence-corrected chi connectivity index (χ3v) is 6.10. The third-order valence-electron chi connectivity index (χ3n) is 2.89. The summed E-state index contributed by atoms with van der Waals surface area (Å²) in [5.41, 5.74) is 0. The van der Waals surface area contributed by atoms with Gasteiger partial charge in [-0.2, -0.15) is 12.7 Å². The lowest BCUT2D eigenvalue weighted by Gasteiger charge is -2.33. The van der Waals surface area contributed by atoms with Crippen LogP contribution < -0.4 is 0 Å². The van der Waals surface area contributed by atoms with Crippen LogP contribution in [0, 0.1) is 5.92 Å². The van der Waals surface area contributed by atoms with Crippen LogP contribution in [-0.2, 0) is 29.5 Å². The van der Waals surface area contributed by atoms with Gasteiger partial charge < -0.3 is 10.0 Å². The number of piperazine rings is 1. The first kappa shape index (κ1) is 17.9. The maximum Gasteiger partial charge on any atom is 0.330 e. The Labute approximate surface area is 124 Å². The summed E-state index contributed by atoms with van der Waals surface area (Å²) < 4.78 is 39.6. The summed E-state index contributed by atoms with van der Waals surface area (Å²) in [6, 6.07) is 0. The van der Waals surface area contributed by atoms with Gasteiger partial charge in [-0.05, 0) is 6.92 Å². The van der Waals surface area contributed by atoms with Gasteiger partial charge in [0.1, 0.15) is 5.92 Å². The van der Waals surface area contributed by atoms with Crippen molar-refractivity contribution in [3.8, 4) is 0 Å². The molecule has 1 saturated heterocycles. The van der Waals surface area contributed by atoms with E-state index >= 15 is 0 Å². The number of carbonyl (C=O) groups is 2. The molecule has 21 heavy (non-hydrogen) atoms. The van der Waals surface area contributed by atoms with Crippen LogP contribution in [0.25, 0.3) is 0 Å². The first-order valence-electron chi connectivity index (χ1n) is 6.14. The maximum absolute atomic E-state index is 11.9. The highest BCUT2D eigenvalue weighted by Gasteiger charge is 2.32. The molecule has 1 amide bonds. The van der Waals surface area contributed by atoms with Crippen LogP contribution in [0.4, 0.5) is 0 Å².